The summed E-state index contributed by atoms with van der Waals surface area (Å²) in [6.07, 6.45) is 3.53. The lowest BCUT2D eigenvalue weighted by Gasteiger charge is -1.97. The molecule has 3 rings (SSSR count). The molecule has 0 saturated carbocycles. The zero-order valence-corrected chi connectivity index (χ0v) is 13.6. The van der Waals surface area contributed by atoms with Crippen LogP contribution >= 0.6 is 12.0 Å². The second-order valence-corrected chi connectivity index (χ2v) is 5.56. The van der Waals surface area contributed by atoms with Crippen molar-refractivity contribution in [2.45, 2.75) is 11.8 Å². The van der Waals surface area contributed by atoms with Gasteiger partial charge in [-0.3, -0.25) is 4.98 Å². The Morgan fingerprint density at radius 3 is 2.67 bits per heavy atom. The molecule has 4 N–H and O–H groups in total. The van der Waals surface area contributed by atoms with E-state index >= 15 is 0 Å². The van der Waals surface area contributed by atoms with Crippen LogP contribution in [0.25, 0.3) is 11.4 Å². The normalized spacial score (nSPS) is 9.75. The number of nitrogens with zero attached hydrogens (tertiary/aromatic N) is 2. The van der Waals surface area contributed by atoms with Crippen LogP contribution < -0.4 is 5.73 Å². The molecule has 3 aromatic rings. The number of nitrogens with two attached hydrogens (primary N) is 1. The lowest BCUT2D eigenvalue weighted by atomic mass is 10.2. The molecule has 0 amide bonds. The highest BCUT2D eigenvalue weighted by atomic mass is 32.2. The van der Waals surface area contributed by atoms with E-state index in [1.165, 1.54) is 17.7 Å². The van der Waals surface area contributed by atoms with E-state index in [9.17, 15) is 4.39 Å². The van der Waals surface area contributed by atoms with Crippen LogP contribution in [0.4, 0.5) is 10.1 Å². The average Bonchev–Trinajstić information content (AvgIpc) is 3.07. The molecule has 1 aromatic carbocycles. The van der Waals surface area contributed by atoms with Crippen molar-refractivity contribution in [2.75, 3.05) is 5.73 Å². The van der Waals surface area contributed by atoms with Crippen LogP contribution in [0.2, 0.25) is 0 Å². The van der Waals surface area contributed by atoms with Crippen molar-refractivity contribution in [1.29, 1.82) is 5.26 Å². The molecule has 0 aliphatic carbocycles. The van der Waals surface area contributed by atoms with Gasteiger partial charge in [-0.2, -0.15) is 5.26 Å². The van der Waals surface area contributed by atoms with Gasteiger partial charge in [0.05, 0.1) is 33.6 Å². The Bertz CT molecular complexity index is 873. The number of hydrogen-bond donors (Lipinski definition) is 3. The van der Waals surface area contributed by atoms with Gasteiger partial charge in [-0.1, -0.05) is 0 Å². The largest absolute Gasteiger partial charge is 0.396 e. The Balaban J connectivity index is 0.000000185. The van der Waals surface area contributed by atoms with E-state index in [0.29, 0.717) is 0 Å². The van der Waals surface area contributed by atoms with Crippen LogP contribution in [0.15, 0.2) is 53.7 Å². The number of anilines is 1. The number of aromatic amines is 1. The molecule has 0 fully saturated rings. The maximum absolute atomic E-state index is 12.5. The number of rotatable bonds is 2. The van der Waals surface area contributed by atoms with E-state index in [4.69, 9.17) is 15.5 Å². The van der Waals surface area contributed by atoms with E-state index in [1.807, 2.05) is 25.1 Å². The molecule has 0 bridgehead atoms. The first-order valence-electron chi connectivity index (χ1n) is 6.91. The minimum absolute atomic E-state index is 0.0685. The molecular formula is C17H15FN4OS. The van der Waals surface area contributed by atoms with Gasteiger partial charge < -0.3 is 15.3 Å². The highest BCUT2D eigenvalue weighted by molar-refractivity contribution is 7.93. The number of nitrogen functional groups attached to an aromatic ring is 1. The Hall–Kier alpha value is -2.82. The number of pyridine rings is 1. The van der Waals surface area contributed by atoms with E-state index in [1.54, 1.807) is 18.5 Å². The average molecular weight is 342 g/mol. The molecular weight excluding hydrogens is 327 g/mol. The monoisotopic (exact) mass is 342 g/mol. The fraction of sp³-hybridized carbons (Fsp3) is 0.0588. The summed E-state index contributed by atoms with van der Waals surface area (Å²) in [6.45, 7) is 2.02. The standard InChI is InChI=1S/C10H10N2OS.C7H5FN2/c1-7-2-3-11-9(4-7)10-5-8(14-13)6-12-10;8-6-3-5(4-9)1-2-7(6)10/h2-6,12-13H,1H3;1-3H,10H2. The molecule has 122 valence electrons. The number of aryl methyl sites for hydroxylation is 1. The molecule has 0 unspecified atom stereocenters. The maximum atomic E-state index is 12.5. The Kier molecular flexibility index (Phi) is 5.95. The lowest BCUT2D eigenvalue weighted by Crippen LogP contribution is -1.89. The van der Waals surface area contributed by atoms with Crippen LogP contribution in [-0.4, -0.2) is 14.5 Å². The van der Waals surface area contributed by atoms with Crippen molar-refractivity contribution in [3.05, 3.63) is 65.7 Å². The molecule has 0 saturated heterocycles. The zero-order valence-electron chi connectivity index (χ0n) is 12.8. The maximum Gasteiger partial charge on any atom is 0.147 e. The topological polar surface area (TPSA) is 98.7 Å². The van der Waals surface area contributed by atoms with Gasteiger partial charge in [-0.25, -0.2) is 4.39 Å². The molecule has 0 atom stereocenters. The molecule has 0 aliphatic rings. The second-order valence-electron chi connectivity index (χ2n) is 4.91. The summed E-state index contributed by atoms with van der Waals surface area (Å²) in [4.78, 5) is 8.09. The Labute approximate surface area is 143 Å². The van der Waals surface area contributed by atoms with Crippen LogP contribution in [0.3, 0.4) is 0 Å². The van der Waals surface area contributed by atoms with Gasteiger partial charge in [0.2, 0.25) is 0 Å². The summed E-state index contributed by atoms with van der Waals surface area (Å²) in [5.41, 5.74) is 8.50. The summed E-state index contributed by atoms with van der Waals surface area (Å²) in [5.74, 6) is -0.543. The van der Waals surface area contributed by atoms with Crippen molar-refractivity contribution in [3.8, 4) is 17.5 Å². The van der Waals surface area contributed by atoms with Gasteiger partial charge in [-0.15, -0.1) is 0 Å². The quantitative estimate of drug-likeness (QED) is 0.478. The molecule has 5 nitrogen and oxygen atoms in total. The third-order valence-corrected chi connectivity index (χ3v) is 3.53. The molecule has 0 spiro atoms. The summed E-state index contributed by atoms with van der Waals surface area (Å²) in [7, 11) is 0. The van der Waals surface area contributed by atoms with Crippen LogP contribution in [0.5, 0.6) is 0 Å². The van der Waals surface area contributed by atoms with Gasteiger partial charge in [0.15, 0.2) is 0 Å². The van der Waals surface area contributed by atoms with Crippen LogP contribution in [0.1, 0.15) is 11.1 Å². The van der Waals surface area contributed by atoms with Crippen molar-refractivity contribution in [1.82, 2.24) is 9.97 Å². The smallest absolute Gasteiger partial charge is 0.147 e. The minimum atomic E-state index is -0.543. The van der Waals surface area contributed by atoms with Gasteiger partial charge in [0.1, 0.15) is 5.82 Å². The number of H-pyrrole nitrogens is 1. The predicted octanol–water partition coefficient (Wildman–Crippen LogP) is 4.23. The molecule has 2 heterocycles. The van der Waals surface area contributed by atoms with E-state index in [2.05, 4.69) is 9.97 Å². The first-order chi connectivity index (χ1) is 11.5. The zero-order chi connectivity index (χ0) is 17.5. The van der Waals surface area contributed by atoms with Gasteiger partial charge in [-0.05, 0) is 48.9 Å². The van der Waals surface area contributed by atoms with E-state index < -0.39 is 5.82 Å². The summed E-state index contributed by atoms with van der Waals surface area (Å²) in [6, 6.07) is 11.6. The molecule has 2 aromatic heterocycles. The van der Waals surface area contributed by atoms with Crippen LogP contribution in [-0.2, 0) is 0 Å². The first-order valence-corrected chi connectivity index (χ1v) is 7.69. The minimum Gasteiger partial charge on any atom is -0.396 e. The third kappa shape index (κ3) is 4.59. The summed E-state index contributed by atoms with van der Waals surface area (Å²) in [5, 5.41) is 8.30. The van der Waals surface area contributed by atoms with Crippen molar-refractivity contribution < 1.29 is 8.94 Å². The highest BCUT2D eigenvalue weighted by Crippen LogP contribution is 2.22. The number of hydrogen-bond acceptors (Lipinski definition) is 5. The number of halogens is 1. The number of nitrogens with one attached hydrogen (secondary N) is 1. The fourth-order valence-electron chi connectivity index (χ4n) is 1.86. The first kappa shape index (κ1) is 17.5. The number of nitriles is 1. The van der Waals surface area contributed by atoms with Crippen LogP contribution in [0, 0.1) is 24.1 Å². The van der Waals surface area contributed by atoms with Gasteiger partial charge in [0, 0.05) is 24.4 Å². The SMILES string of the molecule is Cc1ccnc(-c2cc(SO)c[nH]2)c1.N#Cc1ccc(N)c(F)c1. The number of aromatic nitrogens is 2. The van der Waals surface area contributed by atoms with E-state index in [-0.39, 0.29) is 11.3 Å². The van der Waals surface area contributed by atoms with Gasteiger partial charge >= 0.3 is 0 Å². The fourth-order valence-corrected chi connectivity index (χ4v) is 2.14. The number of benzene rings is 1. The van der Waals surface area contributed by atoms with Crippen molar-refractivity contribution in [3.63, 3.8) is 0 Å². The molecule has 7 heteroatoms. The Morgan fingerprint density at radius 1 is 1.29 bits per heavy atom. The third-order valence-electron chi connectivity index (χ3n) is 3.08. The summed E-state index contributed by atoms with van der Waals surface area (Å²) >= 11 is 0.729. The highest BCUT2D eigenvalue weighted by Gasteiger charge is 2.02. The van der Waals surface area contributed by atoms with Crippen molar-refractivity contribution in [2.24, 2.45) is 0 Å². The van der Waals surface area contributed by atoms with Crippen molar-refractivity contribution >= 4 is 17.7 Å². The Morgan fingerprint density at radius 2 is 2.08 bits per heavy atom. The van der Waals surface area contributed by atoms with E-state index in [0.717, 1.165) is 34.4 Å². The molecule has 0 radical (unpaired) electrons. The van der Waals surface area contributed by atoms with Gasteiger partial charge in [0.25, 0.3) is 0 Å². The molecule has 24 heavy (non-hydrogen) atoms. The second kappa shape index (κ2) is 8.15. The predicted molar refractivity (Wildman–Crippen MR) is 92.8 cm³/mol. The summed E-state index contributed by atoms with van der Waals surface area (Å²) < 4.78 is 21.3. The molecule has 0 aliphatic heterocycles. The lowest BCUT2D eigenvalue weighted by molar-refractivity contribution is 0.632.